The van der Waals surface area contributed by atoms with E-state index >= 15 is 0 Å². The normalized spacial score (nSPS) is 21.9. The van der Waals surface area contributed by atoms with Gasteiger partial charge in [0, 0.05) is 20.1 Å². The van der Waals surface area contributed by atoms with Gasteiger partial charge in [-0.05, 0) is 24.4 Å². The summed E-state index contributed by atoms with van der Waals surface area (Å²) in [5.74, 6) is 1.10. The van der Waals surface area contributed by atoms with Crippen molar-refractivity contribution >= 4 is 33.3 Å². The van der Waals surface area contributed by atoms with Gasteiger partial charge in [0.05, 0.1) is 11.5 Å². The number of rotatable bonds is 3. The second-order valence-corrected chi connectivity index (χ2v) is 7.29. The molecule has 1 aliphatic rings. The van der Waals surface area contributed by atoms with Gasteiger partial charge in [-0.1, -0.05) is 0 Å². The number of halogens is 1. The minimum atomic E-state index is -2.97. The summed E-state index contributed by atoms with van der Waals surface area (Å²) in [6.07, 6.45) is 1.43. The SMILES string of the molecule is CN(C)c1nc(Cl)nc(NC2CCCS(=O)(=O)C2)n1. The third-order valence-electron chi connectivity index (χ3n) is 2.79. The van der Waals surface area contributed by atoms with Gasteiger partial charge in [0.2, 0.25) is 17.2 Å². The van der Waals surface area contributed by atoms with Crippen molar-refractivity contribution in [1.29, 1.82) is 0 Å². The summed E-state index contributed by atoms with van der Waals surface area (Å²) in [6, 6.07) is -0.174. The first-order valence-electron chi connectivity index (χ1n) is 5.91. The molecular formula is C10H16ClN5O2S. The fraction of sp³-hybridized carbons (Fsp3) is 0.700. The molecule has 106 valence electrons. The van der Waals surface area contributed by atoms with Crippen LogP contribution in [0.15, 0.2) is 0 Å². The third kappa shape index (κ3) is 3.90. The van der Waals surface area contributed by atoms with Crippen molar-refractivity contribution < 1.29 is 8.42 Å². The van der Waals surface area contributed by atoms with Gasteiger partial charge in [-0.15, -0.1) is 0 Å². The highest BCUT2D eigenvalue weighted by atomic mass is 35.5. The first kappa shape index (κ1) is 14.3. The van der Waals surface area contributed by atoms with Crippen molar-refractivity contribution in [1.82, 2.24) is 15.0 Å². The maximum absolute atomic E-state index is 11.6. The van der Waals surface area contributed by atoms with Crippen molar-refractivity contribution in [3.8, 4) is 0 Å². The van der Waals surface area contributed by atoms with E-state index in [1.165, 1.54) is 0 Å². The van der Waals surface area contributed by atoms with Crippen LogP contribution in [0, 0.1) is 0 Å². The summed E-state index contributed by atoms with van der Waals surface area (Å²) < 4.78 is 23.1. The zero-order chi connectivity index (χ0) is 14.0. The zero-order valence-corrected chi connectivity index (χ0v) is 12.4. The maximum atomic E-state index is 11.6. The Bertz CT molecular complexity index is 563. The fourth-order valence-corrected chi connectivity index (χ4v) is 3.72. The Morgan fingerprint density at radius 1 is 1.32 bits per heavy atom. The van der Waals surface area contributed by atoms with E-state index in [1.54, 1.807) is 19.0 Å². The molecule has 1 aliphatic heterocycles. The molecule has 0 saturated carbocycles. The van der Waals surface area contributed by atoms with Crippen LogP contribution in [0.3, 0.4) is 0 Å². The van der Waals surface area contributed by atoms with Gasteiger partial charge in [-0.3, -0.25) is 0 Å². The van der Waals surface area contributed by atoms with Crippen molar-refractivity contribution in [3.63, 3.8) is 0 Å². The topological polar surface area (TPSA) is 88.1 Å². The van der Waals surface area contributed by atoms with Gasteiger partial charge < -0.3 is 10.2 Å². The fourth-order valence-electron chi connectivity index (χ4n) is 1.92. The highest BCUT2D eigenvalue weighted by Gasteiger charge is 2.25. The summed E-state index contributed by atoms with van der Waals surface area (Å²) in [4.78, 5) is 13.8. The summed E-state index contributed by atoms with van der Waals surface area (Å²) in [6.45, 7) is 0. The summed E-state index contributed by atoms with van der Waals surface area (Å²) >= 11 is 5.82. The van der Waals surface area contributed by atoms with E-state index in [2.05, 4.69) is 20.3 Å². The molecule has 2 rings (SSSR count). The number of hydrogen-bond donors (Lipinski definition) is 1. The zero-order valence-electron chi connectivity index (χ0n) is 10.8. The van der Waals surface area contributed by atoms with Crippen LogP contribution < -0.4 is 10.2 Å². The van der Waals surface area contributed by atoms with Crippen LogP contribution in [0.2, 0.25) is 5.28 Å². The predicted octanol–water partition coefficient (Wildman–Crippen LogP) is 0.580. The van der Waals surface area contributed by atoms with E-state index in [-0.39, 0.29) is 22.8 Å². The smallest absolute Gasteiger partial charge is 0.230 e. The van der Waals surface area contributed by atoms with Crippen LogP contribution in [-0.2, 0) is 9.84 Å². The minimum absolute atomic E-state index is 0.0832. The van der Waals surface area contributed by atoms with E-state index in [9.17, 15) is 8.42 Å². The van der Waals surface area contributed by atoms with Gasteiger partial charge in [-0.2, -0.15) is 15.0 Å². The molecule has 0 amide bonds. The van der Waals surface area contributed by atoms with Crippen LogP contribution in [0.5, 0.6) is 0 Å². The molecule has 1 saturated heterocycles. The van der Waals surface area contributed by atoms with Crippen molar-refractivity contribution in [2.24, 2.45) is 0 Å². The molecule has 19 heavy (non-hydrogen) atoms. The van der Waals surface area contributed by atoms with Crippen molar-refractivity contribution in [3.05, 3.63) is 5.28 Å². The highest BCUT2D eigenvalue weighted by Crippen LogP contribution is 2.17. The summed E-state index contributed by atoms with van der Waals surface area (Å²) in [7, 11) is 0.619. The van der Waals surface area contributed by atoms with Crippen LogP contribution >= 0.6 is 11.6 Å². The molecule has 1 aromatic heterocycles. The number of aromatic nitrogens is 3. The van der Waals surface area contributed by atoms with E-state index < -0.39 is 9.84 Å². The van der Waals surface area contributed by atoms with Crippen molar-refractivity contribution in [2.75, 3.05) is 35.8 Å². The standard InChI is InChI=1S/C10H16ClN5O2S/c1-16(2)10-14-8(11)13-9(15-10)12-7-4-3-5-19(17,18)6-7/h7H,3-6H2,1-2H3,(H,12,13,14,15). The Hall–Kier alpha value is -1.15. The lowest BCUT2D eigenvalue weighted by Gasteiger charge is -2.23. The van der Waals surface area contributed by atoms with E-state index in [1.807, 2.05) is 0 Å². The lowest BCUT2D eigenvalue weighted by Crippen LogP contribution is -2.35. The second kappa shape index (κ2) is 5.46. The lowest BCUT2D eigenvalue weighted by molar-refractivity contribution is 0.561. The Kier molecular flexibility index (Phi) is 4.10. The molecule has 1 fully saturated rings. The largest absolute Gasteiger partial charge is 0.350 e. The molecule has 7 nitrogen and oxygen atoms in total. The molecule has 0 aromatic carbocycles. The number of hydrogen-bond acceptors (Lipinski definition) is 7. The van der Waals surface area contributed by atoms with Crippen LogP contribution in [0.25, 0.3) is 0 Å². The van der Waals surface area contributed by atoms with Crippen LogP contribution in [0.4, 0.5) is 11.9 Å². The molecule has 0 spiro atoms. The van der Waals surface area contributed by atoms with Crippen molar-refractivity contribution in [2.45, 2.75) is 18.9 Å². The average Bonchev–Trinajstić information content (AvgIpc) is 2.26. The number of sulfone groups is 1. The van der Waals surface area contributed by atoms with Crippen LogP contribution in [0.1, 0.15) is 12.8 Å². The average molecular weight is 306 g/mol. The maximum Gasteiger partial charge on any atom is 0.230 e. The van der Waals surface area contributed by atoms with Crippen LogP contribution in [-0.4, -0.2) is 55.0 Å². The Morgan fingerprint density at radius 3 is 2.68 bits per heavy atom. The van der Waals surface area contributed by atoms with E-state index in [0.29, 0.717) is 18.3 Å². The summed E-state index contributed by atoms with van der Waals surface area (Å²) in [5.41, 5.74) is 0. The molecule has 1 atom stereocenters. The van der Waals surface area contributed by atoms with Gasteiger partial charge >= 0.3 is 0 Å². The lowest BCUT2D eigenvalue weighted by atomic mass is 10.2. The Balaban J connectivity index is 2.14. The molecule has 0 aliphatic carbocycles. The Labute approximate surface area is 117 Å². The second-order valence-electron chi connectivity index (χ2n) is 4.72. The molecular weight excluding hydrogens is 290 g/mol. The first-order valence-corrected chi connectivity index (χ1v) is 8.11. The number of nitrogens with one attached hydrogen (secondary N) is 1. The number of nitrogens with zero attached hydrogens (tertiary/aromatic N) is 4. The third-order valence-corrected chi connectivity index (χ3v) is 4.78. The van der Waals surface area contributed by atoms with E-state index in [0.717, 1.165) is 6.42 Å². The van der Waals surface area contributed by atoms with E-state index in [4.69, 9.17) is 11.6 Å². The number of anilines is 2. The highest BCUT2D eigenvalue weighted by molar-refractivity contribution is 7.91. The molecule has 2 heterocycles. The predicted molar refractivity (Wildman–Crippen MR) is 74.5 cm³/mol. The summed E-state index contributed by atoms with van der Waals surface area (Å²) in [5, 5.41) is 3.10. The molecule has 0 radical (unpaired) electrons. The molecule has 1 N–H and O–H groups in total. The molecule has 1 unspecified atom stereocenters. The minimum Gasteiger partial charge on any atom is -0.350 e. The van der Waals surface area contributed by atoms with Gasteiger partial charge in [-0.25, -0.2) is 8.42 Å². The Morgan fingerprint density at radius 2 is 2.05 bits per heavy atom. The monoisotopic (exact) mass is 305 g/mol. The van der Waals surface area contributed by atoms with Gasteiger partial charge in [0.25, 0.3) is 0 Å². The van der Waals surface area contributed by atoms with Gasteiger partial charge in [0.1, 0.15) is 0 Å². The molecule has 0 bridgehead atoms. The quantitative estimate of drug-likeness (QED) is 0.874. The first-order chi connectivity index (χ1) is 8.85. The molecule has 1 aromatic rings. The van der Waals surface area contributed by atoms with Gasteiger partial charge in [0.15, 0.2) is 9.84 Å². The molecule has 9 heteroatoms.